The summed E-state index contributed by atoms with van der Waals surface area (Å²) in [5, 5.41) is 10.1. The Kier molecular flexibility index (Phi) is 4.53. The third kappa shape index (κ3) is 3.06. The smallest absolute Gasteiger partial charge is 0.336 e. The van der Waals surface area contributed by atoms with Crippen LogP contribution in [0.1, 0.15) is 21.5 Å². The van der Waals surface area contributed by atoms with Crippen molar-refractivity contribution in [2.24, 2.45) is 0 Å². The zero-order valence-electron chi connectivity index (χ0n) is 10.7. The molecule has 0 aromatic heterocycles. The second-order valence-corrected chi connectivity index (χ2v) is 5.04. The molecule has 0 radical (unpaired) electrons. The molecule has 2 aromatic rings. The van der Waals surface area contributed by atoms with Crippen LogP contribution in [0.25, 0.3) is 0 Å². The molecule has 0 fully saturated rings. The van der Waals surface area contributed by atoms with Crippen molar-refractivity contribution in [1.82, 2.24) is 0 Å². The Morgan fingerprint density at radius 1 is 1.15 bits per heavy atom. The quantitative estimate of drug-likeness (QED) is 0.899. The maximum atomic E-state index is 11.1. The maximum absolute atomic E-state index is 11.1. The van der Waals surface area contributed by atoms with Gasteiger partial charge in [0.15, 0.2) is 0 Å². The first-order valence-corrected chi connectivity index (χ1v) is 6.65. The Labute approximate surface area is 126 Å². The number of carboxylic acids is 1. The van der Waals surface area contributed by atoms with Gasteiger partial charge in [-0.1, -0.05) is 35.3 Å². The monoisotopic (exact) mass is 310 g/mol. The van der Waals surface area contributed by atoms with Crippen molar-refractivity contribution in [2.75, 3.05) is 0 Å². The zero-order chi connectivity index (χ0) is 14.7. The summed E-state index contributed by atoms with van der Waals surface area (Å²) in [7, 11) is 0. The molecule has 0 unspecified atom stereocenters. The molecule has 0 bridgehead atoms. The van der Waals surface area contributed by atoms with E-state index in [0.717, 1.165) is 0 Å². The molecule has 0 atom stereocenters. The van der Waals surface area contributed by atoms with Gasteiger partial charge in [-0.3, -0.25) is 0 Å². The molecule has 1 N–H and O–H groups in total. The minimum atomic E-state index is -0.983. The molecule has 2 aromatic carbocycles. The van der Waals surface area contributed by atoms with Crippen molar-refractivity contribution in [2.45, 2.75) is 13.5 Å². The molecule has 20 heavy (non-hydrogen) atoms. The molecule has 0 saturated carbocycles. The number of aromatic carboxylic acids is 1. The third-order valence-corrected chi connectivity index (χ3v) is 3.66. The number of carbonyl (C=O) groups is 1. The minimum absolute atomic E-state index is 0.183. The normalized spacial score (nSPS) is 10.3. The molecule has 5 heteroatoms. The lowest BCUT2D eigenvalue weighted by Gasteiger charge is -2.12. The van der Waals surface area contributed by atoms with Crippen LogP contribution < -0.4 is 4.74 Å². The van der Waals surface area contributed by atoms with Gasteiger partial charge in [0.2, 0.25) is 0 Å². The van der Waals surface area contributed by atoms with Gasteiger partial charge in [0, 0.05) is 21.2 Å². The van der Waals surface area contributed by atoms with Gasteiger partial charge in [0.25, 0.3) is 0 Å². The predicted molar refractivity (Wildman–Crippen MR) is 78.9 cm³/mol. The van der Waals surface area contributed by atoms with Crippen molar-refractivity contribution in [1.29, 1.82) is 0 Å². The Balaban J connectivity index is 2.24. The van der Waals surface area contributed by atoms with Crippen LogP contribution in [0.3, 0.4) is 0 Å². The molecule has 0 spiro atoms. The SMILES string of the molecule is Cc1c(OCc2c(Cl)cccc2Cl)cccc1C(=O)O. The fraction of sp³-hybridized carbons (Fsp3) is 0.133. The van der Waals surface area contributed by atoms with Crippen molar-refractivity contribution in [3.05, 3.63) is 63.1 Å². The highest BCUT2D eigenvalue weighted by molar-refractivity contribution is 6.35. The standard InChI is InChI=1S/C15H12Cl2O3/c1-9-10(15(18)19)4-2-7-14(9)20-8-11-12(16)5-3-6-13(11)17/h2-7H,8H2,1H3,(H,18,19). The van der Waals surface area contributed by atoms with E-state index in [2.05, 4.69) is 0 Å². The number of carboxylic acid groups (broad SMARTS) is 1. The average molecular weight is 311 g/mol. The maximum Gasteiger partial charge on any atom is 0.336 e. The van der Waals surface area contributed by atoms with Gasteiger partial charge < -0.3 is 9.84 Å². The molecule has 104 valence electrons. The highest BCUT2D eigenvalue weighted by atomic mass is 35.5. The van der Waals surface area contributed by atoms with Crippen molar-refractivity contribution >= 4 is 29.2 Å². The van der Waals surface area contributed by atoms with Gasteiger partial charge in [-0.05, 0) is 31.2 Å². The van der Waals surface area contributed by atoms with E-state index in [4.69, 9.17) is 33.0 Å². The fourth-order valence-electron chi connectivity index (χ4n) is 1.82. The molecule has 0 aliphatic rings. The number of rotatable bonds is 4. The molecule has 0 amide bonds. The Hall–Kier alpha value is -1.71. The molecule has 0 aliphatic heterocycles. The van der Waals surface area contributed by atoms with Crippen LogP contribution in [0.5, 0.6) is 5.75 Å². The number of halogens is 2. The van der Waals surface area contributed by atoms with E-state index >= 15 is 0 Å². The van der Waals surface area contributed by atoms with Crippen LogP contribution >= 0.6 is 23.2 Å². The van der Waals surface area contributed by atoms with Crippen LogP contribution in [0, 0.1) is 6.92 Å². The molecular weight excluding hydrogens is 299 g/mol. The summed E-state index contributed by atoms with van der Waals surface area (Å²) in [5.74, 6) is -0.482. The highest BCUT2D eigenvalue weighted by Crippen LogP contribution is 2.27. The topological polar surface area (TPSA) is 46.5 Å². The zero-order valence-corrected chi connectivity index (χ0v) is 12.2. The lowest BCUT2D eigenvalue weighted by molar-refractivity contribution is 0.0695. The summed E-state index contributed by atoms with van der Waals surface area (Å²) in [6.45, 7) is 1.88. The van der Waals surface area contributed by atoms with Crippen LogP contribution in [0.2, 0.25) is 10.0 Å². The van der Waals surface area contributed by atoms with Crippen LogP contribution in [0.4, 0.5) is 0 Å². The number of ether oxygens (including phenoxy) is 1. The van der Waals surface area contributed by atoms with E-state index in [1.165, 1.54) is 6.07 Å². The van der Waals surface area contributed by atoms with Gasteiger partial charge in [-0.15, -0.1) is 0 Å². The molecule has 3 nitrogen and oxygen atoms in total. The van der Waals surface area contributed by atoms with Gasteiger partial charge >= 0.3 is 5.97 Å². The molecule has 0 saturated heterocycles. The fourth-order valence-corrected chi connectivity index (χ4v) is 2.33. The van der Waals surface area contributed by atoms with Gasteiger partial charge in [-0.2, -0.15) is 0 Å². The van der Waals surface area contributed by atoms with E-state index in [0.29, 0.717) is 26.9 Å². The van der Waals surface area contributed by atoms with Crippen molar-refractivity contribution < 1.29 is 14.6 Å². The van der Waals surface area contributed by atoms with Crippen LogP contribution in [0.15, 0.2) is 36.4 Å². The first-order valence-electron chi connectivity index (χ1n) is 5.89. The summed E-state index contributed by atoms with van der Waals surface area (Å²) in [4.78, 5) is 11.1. The first-order chi connectivity index (χ1) is 9.50. The summed E-state index contributed by atoms with van der Waals surface area (Å²) in [5.41, 5.74) is 1.46. The van der Waals surface area contributed by atoms with E-state index in [1.54, 1.807) is 37.3 Å². The summed E-state index contributed by atoms with van der Waals surface area (Å²) < 4.78 is 5.64. The summed E-state index contributed by atoms with van der Waals surface area (Å²) in [6, 6.07) is 10.1. The highest BCUT2D eigenvalue weighted by Gasteiger charge is 2.12. The lowest BCUT2D eigenvalue weighted by Crippen LogP contribution is -2.03. The second kappa shape index (κ2) is 6.16. The Bertz CT molecular complexity index is 633. The van der Waals surface area contributed by atoms with Gasteiger partial charge in [-0.25, -0.2) is 4.79 Å². The van der Waals surface area contributed by atoms with Crippen LogP contribution in [-0.2, 0) is 6.61 Å². The van der Waals surface area contributed by atoms with E-state index < -0.39 is 5.97 Å². The van der Waals surface area contributed by atoms with Crippen LogP contribution in [-0.4, -0.2) is 11.1 Å². The van der Waals surface area contributed by atoms with E-state index in [9.17, 15) is 4.79 Å². The Morgan fingerprint density at radius 2 is 1.75 bits per heavy atom. The first kappa shape index (κ1) is 14.7. The molecule has 0 aliphatic carbocycles. The summed E-state index contributed by atoms with van der Waals surface area (Å²) >= 11 is 12.1. The molecule has 2 rings (SSSR count). The number of hydrogen-bond donors (Lipinski definition) is 1. The largest absolute Gasteiger partial charge is 0.488 e. The van der Waals surface area contributed by atoms with Crippen molar-refractivity contribution in [3.63, 3.8) is 0 Å². The Morgan fingerprint density at radius 3 is 2.35 bits per heavy atom. The molecular formula is C15H12Cl2O3. The minimum Gasteiger partial charge on any atom is -0.488 e. The average Bonchev–Trinajstić information content (AvgIpc) is 2.39. The summed E-state index contributed by atoms with van der Waals surface area (Å²) in [6.07, 6.45) is 0. The lowest BCUT2D eigenvalue weighted by atomic mass is 10.1. The van der Waals surface area contributed by atoms with Gasteiger partial charge in [0.1, 0.15) is 12.4 Å². The molecule has 0 heterocycles. The van der Waals surface area contributed by atoms with E-state index in [-0.39, 0.29) is 12.2 Å². The number of benzene rings is 2. The van der Waals surface area contributed by atoms with Crippen molar-refractivity contribution in [3.8, 4) is 5.75 Å². The predicted octanol–water partition coefficient (Wildman–Crippen LogP) is 4.58. The second-order valence-electron chi connectivity index (χ2n) is 4.22. The third-order valence-electron chi connectivity index (χ3n) is 2.95. The number of hydrogen-bond acceptors (Lipinski definition) is 2. The van der Waals surface area contributed by atoms with E-state index in [1.807, 2.05) is 0 Å². The van der Waals surface area contributed by atoms with Gasteiger partial charge in [0.05, 0.1) is 5.56 Å².